The Morgan fingerprint density at radius 2 is 0.673 bits per heavy atom. The van der Waals surface area contributed by atoms with Crippen LogP contribution in [0.15, 0.2) is 0 Å². The third-order valence-corrected chi connectivity index (χ3v) is 10.7. The van der Waals surface area contributed by atoms with Crippen LogP contribution in [0.3, 0.4) is 0 Å². The first-order valence-electron chi connectivity index (χ1n) is 22.9. The molecular formula is C46H88O6. The van der Waals surface area contributed by atoms with Crippen molar-refractivity contribution in [2.75, 3.05) is 13.2 Å². The Morgan fingerprint density at radius 1 is 0.385 bits per heavy atom. The fourth-order valence-electron chi connectivity index (χ4n) is 6.77. The first-order valence-corrected chi connectivity index (χ1v) is 22.9. The lowest BCUT2D eigenvalue weighted by atomic mass is 9.99. The fourth-order valence-corrected chi connectivity index (χ4v) is 6.77. The largest absolute Gasteiger partial charge is 0.462 e. The van der Waals surface area contributed by atoms with Crippen LogP contribution >= 0.6 is 0 Å². The summed E-state index contributed by atoms with van der Waals surface area (Å²) in [4.78, 5) is 37.7. The summed E-state index contributed by atoms with van der Waals surface area (Å²) in [5.41, 5.74) is 0. The van der Waals surface area contributed by atoms with Crippen LogP contribution in [0.5, 0.6) is 0 Å². The van der Waals surface area contributed by atoms with Gasteiger partial charge in [-0.25, -0.2) is 0 Å². The van der Waals surface area contributed by atoms with Crippen LogP contribution in [0.25, 0.3) is 0 Å². The molecule has 0 aromatic rings. The Morgan fingerprint density at radius 3 is 1.00 bits per heavy atom. The van der Waals surface area contributed by atoms with E-state index >= 15 is 0 Å². The SMILES string of the molecule is CCCCCCCCCCCCCCC(=O)OC[C@@H](COC(=O)CCCCCCCCCCC(C)CC)OC(=O)CCCCCCCCCCCC. The van der Waals surface area contributed by atoms with E-state index in [2.05, 4.69) is 27.7 Å². The van der Waals surface area contributed by atoms with Crippen LogP contribution in [0, 0.1) is 5.92 Å². The molecule has 0 saturated carbocycles. The Kier molecular flexibility index (Phi) is 39.4. The van der Waals surface area contributed by atoms with Crippen molar-refractivity contribution >= 4 is 17.9 Å². The summed E-state index contributed by atoms with van der Waals surface area (Å²) < 4.78 is 16.7. The summed E-state index contributed by atoms with van der Waals surface area (Å²) in [6.45, 7) is 8.99. The second kappa shape index (κ2) is 40.6. The molecule has 0 spiro atoms. The van der Waals surface area contributed by atoms with Gasteiger partial charge in [0.2, 0.25) is 0 Å². The zero-order valence-corrected chi connectivity index (χ0v) is 35.3. The molecule has 0 aliphatic heterocycles. The van der Waals surface area contributed by atoms with Crippen LogP contribution in [-0.2, 0) is 28.6 Å². The lowest BCUT2D eigenvalue weighted by Crippen LogP contribution is -2.30. The second-order valence-corrected chi connectivity index (χ2v) is 15.9. The van der Waals surface area contributed by atoms with Crippen molar-refractivity contribution in [3.63, 3.8) is 0 Å². The van der Waals surface area contributed by atoms with E-state index < -0.39 is 6.10 Å². The van der Waals surface area contributed by atoms with E-state index in [1.807, 2.05) is 0 Å². The standard InChI is InChI=1S/C46H88O6/c1-5-8-10-12-14-16-18-19-21-25-29-33-37-44(47)50-40-43(52-46(49)39-35-31-27-20-17-15-13-11-9-6-2)41-51-45(48)38-34-30-26-23-22-24-28-32-36-42(4)7-3/h42-43H,5-41H2,1-4H3/t42?,43-/m0/s1. The highest BCUT2D eigenvalue weighted by Crippen LogP contribution is 2.17. The normalized spacial score (nSPS) is 12.5. The summed E-state index contributed by atoms with van der Waals surface area (Å²) in [7, 11) is 0. The Balaban J connectivity index is 4.33. The van der Waals surface area contributed by atoms with Gasteiger partial charge in [-0.1, -0.05) is 214 Å². The van der Waals surface area contributed by atoms with Gasteiger partial charge in [-0.3, -0.25) is 14.4 Å². The minimum atomic E-state index is -0.759. The van der Waals surface area contributed by atoms with Crippen LogP contribution in [0.4, 0.5) is 0 Å². The Bertz CT molecular complexity index is 783. The molecule has 0 aliphatic rings. The highest BCUT2D eigenvalue weighted by Gasteiger charge is 2.19. The molecule has 0 aromatic carbocycles. The molecule has 6 nitrogen and oxygen atoms in total. The topological polar surface area (TPSA) is 78.9 Å². The lowest BCUT2D eigenvalue weighted by Gasteiger charge is -2.18. The van der Waals surface area contributed by atoms with Gasteiger partial charge >= 0.3 is 17.9 Å². The van der Waals surface area contributed by atoms with Gasteiger partial charge in [0.15, 0.2) is 6.10 Å². The van der Waals surface area contributed by atoms with E-state index in [0.29, 0.717) is 19.3 Å². The van der Waals surface area contributed by atoms with E-state index in [4.69, 9.17) is 14.2 Å². The van der Waals surface area contributed by atoms with Crippen molar-refractivity contribution in [2.24, 2.45) is 5.92 Å². The van der Waals surface area contributed by atoms with Crippen molar-refractivity contribution in [3.05, 3.63) is 0 Å². The van der Waals surface area contributed by atoms with Crippen molar-refractivity contribution < 1.29 is 28.6 Å². The van der Waals surface area contributed by atoms with Crippen molar-refractivity contribution in [1.29, 1.82) is 0 Å². The molecule has 0 heterocycles. The summed E-state index contributed by atoms with van der Waals surface area (Å²) in [6, 6.07) is 0. The summed E-state index contributed by atoms with van der Waals surface area (Å²) in [5.74, 6) is -0.00818. The number of rotatable bonds is 41. The van der Waals surface area contributed by atoms with E-state index in [1.165, 1.54) is 148 Å². The number of esters is 3. The molecule has 52 heavy (non-hydrogen) atoms. The molecule has 0 radical (unpaired) electrons. The highest BCUT2D eigenvalue weighted by molar-refractivity contribution is 5.71. The van der Waals surface area contributed by atoms with Gasteiger partial charge in [-0.05, 0) is 25.2 Å². The molecular weight excluding hydrogens is 648 g/mol. The van der Waals surface area contributed by atoms with Gasteiger partial charge in [0.1, 0.15) is 13.2 Å². The minimum Gasteiger partial charge on any atom is -0.462 e. The Hall–Kier alpha value is -1.59. The van der Waals surface area contributed by atoms with Gasteiger partial charge in [0.05, 0.1) is 0 Å². The minimum absolute atomic E-state index is 0.0640. The van der Waals surface area contributed by atoms with Crippen LogP contribution < -0.4 is 0 Å². The van der Waals surface area contributed by atoms with E-state index in [1.54, 1.807) is 0 Å². The van der Waals surface area contributed by atoms with Crippen LogP contribution in [0.1, 0.15) is 252 Å². The zero-order valence-electron chi connectivity index (χ0n) is 35.3. The number of hydrogen-bond acceptors (Lipinski definition) is 6. The van der Waals surface area contributed by atoms with Gasteiger partial charge in [-0.2, -0.15) is 0 Å². The summed E-state index contributed by atoms with van der Waals surface area (Å²) in [5, 5.41) is 0. The van der Waals surface area contributed by atoms with Crippen molar-refractivity contribution in [1.82, 2.24) is 0 Å². The molecule has 0 aromatic heterocycles. The molecule has 308 valence electrons. The zero-order chi connectivity index (χ0) is 38.2. The predicted molar refractivity (Wildman–Crippen MR) is 220 cm³/mol. The summed E-state index contributed by atoms with van der Waals surface area (Å²) in [6.07, 6.45) is 39.3. The lowest BCUT2D eigenvalue weighted by molar-refractivity contribution is -0.167. The van der Waals surface area contributed by atoms with E-state index in [0.717, 1.165) is 63.7 Å². The monoisotopic (exact) mass is 737 g/mol. The quantitative estimate of drug-likeness (QED) is 0.0353. The van der Waals surface area contributed by atoms with Crippen molar-refractivity contribution in [2.45, 2.75) is 259 Å². The molecule has 0 amide bonds. The maximum atomic E-state index is 12.7. The highest BCUT2D eigenvalue weighted by atomic mass is 16.6. The second-order valence-electron chi connectivity index (χ2n) is 15.9. The molecule has 0 rings (SSSR count). The number of ether oxygens (including phenoxy) is 3. The third kappa shape index (κ3) is 38.1. The molecule has 2 atom stereocenters. The van der Waals surface area contributed by atoms with E-state index in [-0.39, 0.29) is 31.1 Å². The molecule has 0 bridgehead atoms. The first kappa shape index (κ1) is 50.4. The molecule has 0 aliphatic carbocycles. The smallest absolute Gasteiger partial charge is 0.306 e. The molecule has 6 heteroatoms. The average molecular weight is 737 g/mol. The first-order chi connectivity index (χ1) is 25.4. The number of carbonyl (C=O) groups excluding carboxylic acids is 3. The third-order valence-electron chi connectivity index (χ3n) is 10.7. The van der Waals surface area contributed by atoms with E-state index in [9.17, 15) is 14.4 Å². The number of carbonyl (C=O) groups is 3. The predicted octanol–water partition coefficient (Wildman–Crippen LogP) is 14.3. The average Bonchev–Trinajstić information content (AvgIpc) is 3.14. The van der Waals surface area contributed by atoms with Gasteiger partial charge in [0, 0.05) is 19.3 Å². The maximum Gasteiger partial charge on any atom is 0.306 e. The van der Waals surface area contributed by atoms with Crippen LogP contribution in [-0.4, -0.2) is 37.2 Å². The van der Waals surface area contributed by atoms with Gasteiger partial charge in [0.25, 0.3) is 0 Å². The maximum absolute atomic E-state index is 12.7. The molecule has 0 saturated heterocycles. The Labute approximate surface area is 323 Å². The van der Waals surface area contributed by atoms with Gasteiger partial charge < -0.3 is 14.2 Å². The fraction of sp³-hybridized carbons (Fsp3) is 0.935. The number of unbranched alkanes of at least 4 members (excludes halogenated alkanes) is 27. The summed E-state index contributed by atoms with van der Waals surface area (Å²) >= 11 is 0. The molecule has 0 fully saturated rings. The number of hydrogen-bond donors (Lipinski definition) is 0. The molecule has 1 unspecified atom stereocenters. The molecule has 0 N–H and O–H groups in total. The van der Waals surface area contributed by atoms with Crippen LogP contribution in [0.2, 0.25) is 0 Å². The van der Waals surface area contributed by atoms with Crippen molar-refractivity contribution in [3.8, 4) is 0 Å². The van der Waals surface area contributed by atoms with Gasteiger partial charge in [-0.15, -0.1) is 0 Å².